The highest BCUT2D eigenvalue weighted by Gasteiger charge is 2.21. The minimum atomic E-state index is 0.0654. The van der Waals surface area contributed by atoms with Gasteiger partial charge in [0.15, 0.2) is 0 Å². The van der Waals surface area contributed by atoms with E-state index in [-0.39, 0.29) is 5.41 Å². The lowest BCUT2D eigenvalue weighted by atomic mass is 9.91. The lowest BCUT2D eigenvalue weighted by Gasteiger charge is -2.17. The fourth-order valence-electron chi connectivity index (χ4n) is 1.24. The Labute approximate surface area is 95.4 Å². The van der Waals surface area contributed by atoms with Crippen LogP contribution >= 0.6 is 11.5 Å². The topological polar surface area (TPSA) is 63.8 Å². The Kier molecular flexibility index (Phi) is 4.19. The number of nitrogens with zero attached hydrogens (tertiary/aromatic N) is 2. The standard InChI is InChI=1S/C10H20N4S/c1-7(5-11)12-6-8-9(10(2,3)4)13-14-15-8/h7,12H,5-6,11H2,1-4H3. The van der Waals surface area contributed by atoms with E-state index in [1.165, 1.54) is 16.4 Å². The van der Waals surface area contributed by atoms with Gasteiger partial charge in [-0.2, -0.15) is 0 Å². The Hall–Kier alpha value is -0.520. The van der Waals surface area contributed by atoms with Crippen molar-refractivity contribution >= 4 is 11.5 Å². The van der Waals surface area contributed by atoms with Gasteiger partial charge in [0, 0.05) is 24.5 Å². The summed E-state index contributed by atoms with van der Waals surface area (Å²) in [4.78, 5) is 1.21. The Morgan fingerprint density at radius 2 is 2.13 bits per heavy atom. The van der Waals surface area contributed by atoms with Crippen molar-refractivity contribution < 1.29 is 0 Å². The van der Waals surface area contributed by atoms with Crippen LogP contribution in [0.15, 0.2) is 0 Å². The van der Waals surface area contributed by atoms with Gasteiger partial charge in [-0.15, -0.1) is 5.10 Å². The molecule has 1 aromatic rings. The molecule has 1 aromatic heterocycles. The first-order valence-corrected chi connectivity index (χ1v) is 5.97. The first-order valence-electron chi connectivity index (χ1n) is 5.20. The first kappa shape index (κ1) is 12.5. The van der Waals surface area contributed by atoms with Crippen molar-refractivity contribution in [3.05, 3.63) is 10.6 Å². The second-order valence-corrected chi connectivity index (χ2v) is 5.65. The third-order valence-electron chi connectivity index (χ3n) is 2.23. The highest BCUT2D eigenvalue weighted by Crippen LogP contribution is 2.25. The zero-order chi connectivity index (χ0) is 11.5. The Bertz CT molecular complexity index is 303. The highest BCUT2D eigenvalue weighted by atomic mass is 32.1. The van der Waals surface area contributed by atoms with E-state index in [1.54, 1.807) is 0 Å². The molecule has 15 heavy (non-hydrogen) atoms. The van der Waals surface area contributed by atoms with Crippen LogP contribution in [0, 0.1) is 0 Å². The van der Waals surface area contributed by atoms with Crippen molar-refractivity contribution in [2.24, 2.45) is 5.73 Å². The van der Waals surface area contributed by atoms with E-state index in [4.69, 9.17) is 5.73 Å². The van der Waals surface area contributed by atoms with E-state index < -0.39 is 0 Å². The largest absolute Gasteiger partial charge is 0.329 e. The van der Waals surface area contributed by atoms with E-state index in [2.05, 4.69) is 42.6 Å². The van der Waals surface area contributed by atoms with E-state index in [0.717, 1.165) is 12.2 Å². The van der Waals surface area contributed by atoms with Gasteiger partial charge in [-0.25, -0.2) is 0 Å². The zero-order valence-electron chi connectivity index (χ0n) is 9.87. The molecule has 3 N–H and O–H groups in total. The van der Waals surface area contributed by atoms with Crippen molar-refractivity contribution in [3.8, 4) is 0 Å². The van der Waals surface area contributed by atoms with E-state index in [1.807, 2.05) is 0 Å². The fourth-order valence-corrected chi connectivity index (χ4v) is 2.05. The van der Waals surface area contributed by atoms with Crippen LogP contribution in [0.4, 0.5) is 0 Å². The monoisotopic (exact) mass is 228 g/mol. The Balaban J connectivity index is 2.66. The van der Waals surface area contributed by atoms with Crippen LogP contribution in [-0.2, 0) is 12.0 Å². The van der Waals surface area contributed by atoms with Crippen molar-refractivity contribution in [1.29, 1.82) is 0 Å². The minimum Gasteiger partial charge on any atom is -0.329 e. The summed E-state index contributed by atoms with van der Waals surface area (Å²) in [6.45, 7) is 9.99. The average Bonchev–Trinajstić information content (AvgIpc) is 2.61. The third-order valence-corrected chi connectivity index (χ3v) is 2.95. The van der Waals surface area contributed by atoms with Gasteiger partial charge in [-0.05, 0) is 18.5 Å². The van der Waals surface area contributed by atoms with Gasteiger partial charge >= 0.3 is 0 Å². The van der Waals surface area contributed by atoms with Gasteiger partial charge < -0.3 is 11.1 Å². The SMILES string of the molecule is CC(CN)NCc1snnc1C(C)(C)C. The fraction of sp³-hybridized carbons (Fsp3) is 0.800. The molecule has 1 unspecified atom stereocenters. The number of aromatic nitrogens is 2. The number of nitrogens with one attached hydrogen (secondary N) is 1. The highest BCUT2D eigenvalue weighted by molar-refractivity contribution is 7.05. The van der Waals surface area contributed by atoms with Gasteiger partial charge in [0.2, 0.25) is 0 Å². The van der Waals surface area contributed by atoms with E-state index in [9.17, 15) is 0 Å². The lowest BCUT2D eigenvalue weighted by molar-refractivity contribution is 0.531. The molecule has 0 aliphatic heterocycles. The summed E-state index contributed by atoms with van der Waals surface area (Å²) >= 11 is 1.46. The molecule has 0 saturated carbocycles. The number of hydrogen-bond acceptors (Lipinski definition) is 5. The molecular formula is C10H20N4S. The molecule has 0 saturated heterocycles. The molecule has 0 amide bonds. The van der Waals surface area contributed by atoms with Crippen molar-refractivity contribution in [3.63, 3.8) is 0 Å². The minimum absolute atomic E-state index is 0.0654. The molecule has 1 atom stereocenters. The zero-order valence-corrected chi connectivity index (χ0v) is 10.7. The Morgan fingerprint density at radius 1 is 1.47 bits per heavy atom. The quantitative estimate of drug-likeness (QED) is 0.814. The maximum atomic E-state index is 5.54. The van der Waals surface area contributed by atoms with Gasteiger partial charge in [-0.1, -0.05) is 25.3 Å². The normalized spacial score (nSPS) is 14.2. The molecule has 0 aromatic carbocycles. The van der Waals surface area contributed by atoms with Crippen molar-refractivity contribution in [1.82, 2.24) is 14.9 Å². The number of nitrogens with two attached hydrogens (primary N) is 1. The predicted octanol–water partition coefficient (Wildman–Crippen LogP) is 1.27. The summed E-state index contributed by atoms with van der Waals surface area (Å²) in [6, 6.07) is 0.333. The second-order valence-electron chi connectivity index (χ2n) is 4.81. The molecule has 0 aliphatic carbocycles. The molecule has 5 heteroatoms. The van der Waals surface area contributed by atoms with Gasteiger partial charge in [-0.3, -0.25) is 0 Å². The summed E-state index contributed by atoms with van der Waals surface area (Å²) in [5.41, 5.74) is 6.70. The molecule has 1 heterocycles. The number of hydrogen-bond donors (Lipinski definition) is 2. The smallest absolute Gasteiger partial charge is 0.0854 e. The third kappa shape index (κ3) is 3.52. The van der Waals surface area contributed by atoms with Crippen LogP contribution in [0.1, 0.15) is 38.3 Å². The summed E-state index contributed by atoms with van der Waals surface area (Å²) in [5.74, 6) is 0. The molecule has 0 bridgehead atoms. The van der Waals surface area contributed by atoms with Gasteiger partial charge in [0.1, 0.15) is 0 Å². The van der Waals surface area contributed by atoms with Gasteiger partial charge in [0.25, 0.3) is 0 Å². The van der Waals surface area contributed by atoms with Gasteiger partial charge in [0.05, 0.1) is 10.6 Å². The van der Waals surface area contributed by atoms with E-state index in [0.29, 0.717) is 12.6 Å². The molecule has 1 rings (SSSR count). The summed E-state index contributed by atoms with van der Waals surface area (Å²) < 4.78 is 4.01. The summed E-state index contributed by atoms with van der Waals surface area (Å²) in [7, 11) is 0. The average molecular weight is 228 g/mol. The second kappa shape index (κ2) is 5.01. The van der Waals surface area contributed by atoms with E-state index >= 15 is 0 Å². The molecule has 86 valence electrons. The molecule has 0 spiro atoms. The Morgan fingerprint density at radius 3 is 2.67 bits per heavy atom. The summed E-state index contributed by atoms with van der Waals surface area (Å²) in [6.07, 6.45) is 0. The molecular weight excluding hydrogens is 208 g/mol. The summed E-state index contributed by atoms with van der Waals surface area (Å²) in [5, 5.41) is 7.54. The predicted molar refractivity (Wildman–Crippen MR) is 64.0 cm³/mol. The molecule has 0 radical (unpaired) electrons. The first-order chi connectivity index (χ1) is 6.95. The molecule has 0 fully saturated rings. The van der Waals surface area contributed by atoms with Crippen LogP contribution in [0.5, 0.6) is 0 Å². The van der Waals surface area contributed by atoms with Crippen LogP contribution in [0.3, 0.4) is 0 Å². The molecule has 0 aliphatic rings. The van der Waals surface area contributed by atoms with Crippen LogP contribution in [0.2, 0.25) is 0 Å². The van der Waals surface area contributed by atoms with Crippen LogP contribution < -0.4 is 11.1 Å². The number of rotatable bonds is 4. The van der Waals surface area contributed by atoms with Crippen LogP contribution in [0.25, 0.3) is 0 Å². The maximum absolute atomic E-state index is 5.54. The van der Waals surface area contributed by atoms with Crippen LogP contribution in [-0.4, -0.2) is 22.2 Å². The maximum Gasteiger partial charge on any atom is 0.0854 e. The molecule has 4 nitrogen and oxygen atoms in total. The van der Waals surface area contributed by atoms with Crippen molar-refractivity contribution in [2.45, 2.75) is 45.7 Å². The van der Waals surface area contributed by atoms with Crippen molar-refractivity contribution in [2.75, 3.05) is 6.54 Å². The lowest BCUT2D eigenvalue weighted by Crippen LogP contribution is -2.33.